The van der Waals surface area contributed by atoms with Gasteiger partial charge in [-0.05, 0) is 353 Å². The topological polar surface area (TPSA) is 82.6 Å². The molecule has 660 valence electrons. The number of ether oxygens (including phenoxy) is 1. The lowest BCUT2D eigenvalue weighted by Gasteiger charge is -2.38. The zero-order valence-electron chi connectivity index (χ0n) is 79.2. The minimum absolute atomic E-state index is 0.151. The minimum Gasteiger partial charge on any atom is -0.494 e. The number of hydrogen-bond acceptors (Lipinski definition) is 8. The average Bonchev–Trinajstić information content (AvgIpc) is 1.64. The maximum atomic E-state index is 13.5. The van der Waals surface area contributed by atoms with E-state index in [0.717, 1.165) is 134 Å². The summed E-state index contributed by atoms with van der Waals surface area (Å²) in [5, 5.41) is 7.77. The van der Waals surface area contributed by atoms with E-state index >= 15 is 0 Å². The van der Waals surface area contributed by atoms with Crippen molar-refractivity contribution in [3.05, 3.63) is 263 Å². The molecule has 1 unspecified atom stereocenters. The summed E-state index contributed by atoms with van der Waals surface area (Å²) in [6.07, 6.45) is 44.8. The fourth-order valence-corrected chi connectivity index (χ4v) is 24.8. The number of anilines is 5. The van der Waals surface area contributed by atoms with Crippen molar-refractivity contribution >= 4 is 52.9 Å². The van der Waals surface area contributed by atoms with Crippen LogP contribution in [0.2, 0.25) is 5.02 Å². The van der Waals surface area contributed by atoms with Gasteiger partial charge in [0.1, 0.15) is 17.9 Å². The SMILES string of the molecule is CCP(=O)(CC)c1ccccc1Nc1nc(Nc2cc(C)c(N3CCN(C)CC3)cc2OC)ncc1Cl.CCc1cc(C2CCC(C3CCC(C)CC3)CC2)c(C)cc1CC1C=C2CC=CC2=C(Cc2ccccc2C(C)(CC)CC)C1.CCc1cc(C2CCC(C3CCC(C)CC3)CC2)ccc1Cc1ccc(C)c(Cc2ccc(C)cc2C(C)(C)C)c1. The first-order valence-corrected chi connectivity index (χ1v) is 51.1. The summed E-state index contributed by atoms with van der Waals surface area (Å²) >= 11 is 6.47. The molecule has 8 aromatic rings. The van der Waals surface area contributed by atoms with Gasteiger partial charge in [-0.2, -0.15) is 4.98 Å². The van der Waals surface area contributed by atoms with Crippen LogP contribution in [0.5, 0.6) is 5.75 Å². The number of piperazine rings is 1. The summed E-state index contributed by atoms with van der Waals surface area (Å²) in [7, 11) is 1.30. The molecule has 1 aliphatic heterocycles. The smallest absolute Gasteiger partial charge is 0.229 e. The first-order valence-electron chi connectivity index (χ1n) is 48.7. The van der Waals surface area contributed by atoms with Gasteiger partial charge in [-0.25, -0.2) is 4.98 Å². The fourth-order valence-electron chi connectivity index (χ4n) is 22.6. The van der Waals surface area contributed by atoms with E-state index in [9.17, 15) is 4.57 Å². The highest BCUT2D eigenvalue weighted by Gasteiger charge is 2.36. The van der Waals surface area contributed by atoms with Gasteiger partial charge in [0, 0.05) is 55.6 Å². The fraction of sp³-hybridized carbons (Fsp3) is 0.540. The predicted molar refractivity (Wildman–Crippen MR) is 529 cm³/mol. The van der Waals surface area contributed by atoms with Crippen molar-refractivity contribution in [2.45, 2.75) is 300 Å². The molecule has 0 spiro atoms. The van der Waals surface area contributed by atoms with Crippen molar-refractivity contribution in [2.75, 3.05) is 68.2 Å². The number of nitrogens with one attached hydrogen (secondary N) is 2. The number of para-hydroxylation sites is 1. The Hall–Kier alpha value is -7.48. The summed E-state index contributed by atoms with van der Waals surface area (Å²) in [6.45, 7) is 40.8. The Labute approximate surface area is 750 Å². The van der Waals surface area contributed by atoms with Gasteiger partial charge in [0.05, 0.1) is 24.7 Å². The van der Waals surface area contributed by atoms with E-state index in [1.54, 1.807) is 74.5 Å². The number of nitrogens with zero attached hydrogens (tertiary/aromatic N) is 4. The summed E-state index contributed by atoms with van der Waals surface area (Å²) in [6, 6.07) is 48.2. The Balaban J connectivity index is 0.000000160. The van der Waals surface area contributed by atoms with Crippen molar-refractivity contribution in [3.8, 4) is 5.75 Å². The number of fused-ring (bicyclic) bond motifs is 1. The molecule has 8 nitrogen and oxygen atoms in total. The highest BCUT2D eigenvalue weighted by atomic mass is 35.5. The highest BCUT2D eigenvalue weighted by Crippen LogP contribution is 2.50. The molecule has 0 radical (unpaired) electrons. The average molecular weight is 1690 g/mol. The maximum Gasteiger partial charge on any atom is 0.229 e. The van der Waals surface area contributed by atoms with Gasteiger partial charge < -0.3 is 29.7 Å². The lowest BCUT2D eigenvalue weighted by molar-refractivity contribution is 0.165. The molecule has 4 saturated carbocycles. The highest BCUT2D eigenvalue weighted by molar-refractivity contribution is 7.71. The summed E-state index contributed by atoms with van der Waals surface area (Å²) < 4.78 is 19.2. The zero-order chi connectivity index (χ0) is 87.3. The molecular formula is C113H154ClN6O2P. The van der Waals surface area contributed by atoms with E-state index in [0.29, 0.717) is 40.8 Å². The molecule has 1 aromatic heterocycles. The van der Waals surface area contributed by atoms with Crippen molar-refractivity contribution in [1.82, 2.24) is 14.9 Å². The van der Waals surface area contributed by atoms with E-state index in [1.807, 2.05) is 38.1 Å². The van der Waals surface area contributed by atoms with Crippen LogP contribution in [-0.2, 0) is 53.9 Å². The quantitative estimate of drug-likeness (QED) is 0.0519. The molecule has 15 rings (SSSR count). The van der Waals surface area contributed by atoms with Gasteiger partial charge in [-0.1, -0.05) is 253 Å². The number of likely N-dealkylation sites (N-methyl/N-ethyl adjacent to an activating group) is 1. The second-order valence-electron chi connectivity index (χ2n) is 40.4. The number of benzene rings is 7. The molecule has 0 amide bonds. The van der Waals surface area contributed by atoms with Gasteiger partial charge in [-0.15, -0.1) is 0 Å². The molecule has 123 heavy (non-hydrogen) atoms. The van der Waals surface area contributed by atoms with E-state index < -0.39 is 7.14 Å². The largest absolute Gasteiger partial charge is 0.494 e. The Morgan fingerprint density at radius 1 is 0.553 bits per heavy atom. The Kier molecular flexibility index (Phi) is 32.1. The molecule has 6 aliphatic carbocycles. The van der Waals surface area contributed by atoms with Crippen LogP contribution in [0.25, 0.3) is 0 Å². The van der Waals surface area contributed by atoms with Crippen LogP contribution in [0.3, 0.4) is 0 Å². The Bertz CT molecular complexity index is 5010. The number of hydrogen-bond donors (Lipinski definition) is 2. The second kappa shape index (κ2) is 42.4. The summed E-state index contributed by atoms with van der Waals surface area (Å²) in [5.41, 5.74) is 31.9. The lowest BCUT2D eigenvalue weighted by Crippen LogP contribution is -2.44. The number of allylic oxidation sites excluding steroid dienone is 6. The zero-order valence-corrected chi connectivity index (χ0v) is 80.8. The van der Waals surface area contributed by atoms with Crippen LogP contribution in [0.4, 0.5) is 28.8 Å². The van der Waals surface area contributed by atoms with Crippen LogP contribution in [0.15, 0.2) is 169 Å². The number of methoxy groups -OCH3 is 1. The van der Waals surface area contributed by atoms with E-state index in [2.05, 4.69) is 256 Å². The van der Waals surface area contributed by atoms with Gasteiger partial charge in [0.2, 0.25) is 5.95 Å². The Morgan fingerprint density at radius 3 is 1.80 bits per heavy atom. The van der Waals surface area contributed by atoms with Crippen LogP contribution in [0.1, 0.15) is 312 Å². The third-order valence-corrected chi connectivity index (χ3v) is 34.7. The number of halogens is 1. The first-order chi connectivity index (χ1) is 59.2. The van der Waals surface area contributed by atoms with Crippen molar-refractivity contribution in [1.29, 1.82) is 0 Å². The third kappa shape index (κ3) is 23.1. The number of aryl methyl sites for hydroxylation is 6. The van der Waals surface area contributed by atoms with Crippen LogP contribution in [0, 0.1) is 69.1 Å². The molecule has 2 heterocycles. The number of aromatic nitrogens is 2. The van der Waals surface area contributed by atoms with Crippen molar-refractivity contribution in [2.24, 2.45) is 41.4 Å². The summed E-state index contributed by atoms with van der Waals surface area (Å²) in [4.78, 5) is 13.8. The minimum atomic E-state index is -2.51. The molecule has 5 fully saturated rings. The molecule has 7 aliphatic rings. The monoisotopic (exact) mass is 1690 g/mol. The van der Waals surface area contributed by atoms with Crippen molar-refractivity contribution in [3.63, 3.8) is 0 Å². The molecule has 1 saturated heterocycles. The lowest BCUT2D eigenvalue weighted by atomic mass is 9.68. The van der Waals surface area contributed by atoms with E-state index in [1.165, 1.54) is 173 Å². The van der Waals surface area contributed by atoms with Crippen LogP contribution in [-0.4, -0.2) is 67.5 Å². The van der Waals surface area contributed by atoms with Crippen LogP contribution >= 0.6 is 18.7 Å². The third-order valence-electron chi connectivity index (χ3n) is 31.1. The molecule has 0 bridgehead atoms. The van der Waals surface area contributed by atoms with Gasteiger partial charge in [-0.3, -0.25) is 0 Å². The van der Waals surface area contributed by atoms with Crippen molar-refractivity contribution < 1.29 is 9.30 Å². The molecule has 1 atom stereocenters. The van der Waals surface area contributed by atoms with Crippen LogP contribution < -0.4 is 25.6 Å². The van der Waals surface area contributed by atoms with E-state index in [4.69, 9.17) is 16.3 Å². The maximum absolute atomic E-state index is 13.5. The molecule has 10 heteroatoms. The number of rotatable bonds is 26. The Morgan fingerprint density at radius 2 is 1.16 bits per heavy atom. The molecule has 7 aromatic carbocycles. The first kappa shape index (κ1) is 93.2. The standard InChI is InChI=1S/C45H62.C41H56.C27H36ClN6O2P/c1-7-34-30-43(37-23-21-36(22-24-37)35-19-17-31(4)18-20-35)32(5)25-40(34)27-33-26-38-14-12-15-42(38)41(28-33)29-39-13-10-11-16-44(39)45(6,8-2)9-3;1-8-32-26-37(35-19-17-34(18-20-35)33-14-9-28(2)10-15-33)22-21-36(32)24-31-13-12-30(4)39(25-31)27-38-16-11-29(3)23-40(38)41(5,6)7;1-6-37(35,7-2)25-11-9-8-10-21(25)30-26-20(28)18-29-27(32-26)31-22-16-19(3)23(17-24(22)36-5)34-14-12-33(4)13-15-34/h10-13,15-16,25-26,30-31,33,35-37H,7-9,14,17-24,27-29H2,1-6H3;11-13,16,21-23,25-26,28,33-35H,8-10,14-15,17-20,24,27H2,1-7H3;8-11,16-18H,6-7,12-15H2,1-5H3,(H2,29,30,31,32). The predicted octanol–water partition coefficient (Wildman–Crippen LogP) is 29.9. The van der Waals surface area contributed by atoms with Gasteiger partial charge in [0.25, 0.3) is 0 Å². The van der Waals surface area contributed by atoms with Gasteiger partial charge in [0.15, 0.2) is 5.82 Å². The summed E-state index contributed by atoms with van der Waals surface area (Å²) in [5.74, 6) is 9.65. The second-order valence-corrected chi connectivity index (χ2v) is 44.3. The molecular weight excluding hydrogens is 1540 g/mol. The molecule has 2 N–H and O–H groups in total. The van der Waals surface area contributed by atoms with Gasteiger partial charge >= 0.3 is 0 Å². The van der Waals surface area contributed by atoms with E-state index in [-0.39, 0.29) is 10.8 Å². The normalized spacial score (nSPS) is 22.1.